The molecule has 1 aromatic rings. The lowest BCUT2D eigenvalue weighted by atomic mass is 10.2. The molecule has 0 bridgehead atoms. The van der Waals surface area contributed by atoms with Crippen LogP contribution in [0.3, 0.4) is 0 Å². The van der Waals surface area contributed by atoms with Crippen LogP contribution in [-0.2, 0) is 29.1 Å². The molecule has 0 aliphatic heterocycles. The van der Waals surface area contributed by atoms with Crippen molar-refractivity contribution in [2.24, 2.45) is 0 Å². The van der Waals surface area contributed by atoms with Crippen LogP contribution in [0.25, 0.3) is 0 Å². The monoisotopic (exact) mass is 434 g/mol. The highest BCUT2D eigenvalue weighted by molar-refractivity contribution is 7.89. The van der Waals surface area contributed by atoms with Gasteiger partial charge in [0.05, 0.1) is 19.2 Å². The normalized spacial score (nSPS) is 11.2. The number of hydrogen-bond donors (Lipinski definition) is 0. The average molecular weight is 435 g/mol. The molecule has 9 nitrogen and oxygen atoms in total. The van der Waals surface area contributed by atoms with E-state index >= 15 is 0 Å². The van der Waals surface area contributed by atoms with Crippen LogP contribution in [0, 0.1) is 0 Å². The van der Waals surface area contributed by atoms with Gasteiger partial charge in [0, 0.05) is 18.7 Å². The third-order valence-electron chi connectivity index (χ3n) is 3.88. The van der Waals surface area contributed by atoms with Crippen LogP contribution in [0.1, 0.15) is 24.2 Å². The van der Waals surface area contributed by atoms with Crippen LogP contribution in [0.15, 0.2) is 23.1 Å². The summed E-state index contributed by atoms with van der Waals surface area (Å²) in [7, 11) is -1.64. The fraction of sp³-hybridized carbons (Fsp3) is 0.471. The van der Waals surface area contributed by atoms with E-state index in [-0.39, 0.29) is 28.6 Å². The van der Waals surface area contributed by atoms with Gasteiger partial charge >= 0.3 is 11.9 Å². The molecule has 1 aromatic carbocycles. The molecule has 28 heavy (non-hydrogen) atoms. The molecule has 0 spiro atoms. The van der Waals surface area contributed by atoms with Crippen molar-refractivity contribution < 1.29 is 32.3 Å². The number of carbonyl (C=O) groups is 3. The molecule has 0 unspecified atom stereocenters. The predicted molar refractivity (Wildman–Crippen MR) is 101 cm³/mol. The van der Waals surface area contributed by atoms with Gasteiger partial charge in [-0.2, -0.15) is 4.31 Å². The van der Waals surface area contributed by atoms with Crippen LogP contribution in [-0.4, -0.2) is 75.9 Å². The first-order chi connectivity index (χ1) is 13.1. The van der Waals surface area contributed by atoms with Crippen molar-refractivity contribution in [2.75, 3.05) is 40.4 Å². The Morgan fingerprint density at radius 2 is 1.50 bits per heavy atom. The second-order valence-corrected chi connectivity index (χ2v) is 7.86. The zero-order valence-electron chi connectivity index (χ0n) is 16.1. The van der Waals surface area contributed by atoms with Crippen LogP contribution >= 0.6 is 11.6 Å². The summed E-state index contributed by atoms with van der Waals surface area (Å²) in [5, 5.41) is -0.0454. The molecule has 0 N–H and O–H groups in total. The highest BCUT2D eigenvalue weighted by atomic mass is 35.5. The number of carbonyl (C=O) groups excluding carboxylic acids is 3. The third-order valence-corrected chi connectivity index (χ3v) is 6.42. The van der Waals surface area contributed by atoms with Crippen molar-refractivity contribution in [2.45, 2.75) is 18.7 Å². The topological polar surface area (TPSA) is 110 Å². The number of hydrogen-bond acceptors (Lipinski definition) is 7. The minimum absolute atomic E-state index is 0.0454. The number of halogens is 1. The number of rotatable bonds is 9. The summed E-state index contributed by atoms with van der Waals surface area (Å²) >= 11 is 6.06. The van der Waals surface area contributed by atoms with E-state index in [2.05, 4.69) is 9.47 Å². The maximum absolute atomic E-state index is 12.8. The lowest BCUT2D eigenvalue weighted by molar-refractivity contribution is -0.144. The Hall–Kier alpha value is -2.17. The Labute approximate surface area is 169 Å². The van der Waals surface area contributed by atoms with Gasteiger partial charge in [-0.1, -0.05) is 25.4 Å². The molecule has 11 heteroatoms. The summed E-state index contributed by atoms with van der Waals surface area (Å²) in [4.78, 5) is 36.6. The molecule has 156 valence electrons. The Morgan fingerprint density at radius 1 is 1.00 bits per heavy atom. The summed E-state index contributed by atoms with van der Waals surface area (Å²) in [5.74, 6) is -2.24. The summed E-state index contributed by atoms with van der Waals surface area (Å²) in [6, 6.07) is 3.72. The van der Waals surface area contributed by atoms with E-state index in [0.29, 0.717) is 0 Å². The van der Waals surface area contributed by atoms with Gasteiger partial charge in [-0.05, 0) is 18.2 Å². The Balaban J connectivity index is 3.35. The number of nitrogens with zero attached hydrogens (tertiary/aromatic N) is 2. The van der Waals surface area contributed by atoms with E-state index in [1.165, 1.54) is 16.4 Å². The number of amides is 1. The van der Waals surface area contributed by atoms with Gasteiger partial charge in [-0.15, -0.1) is 0 Å². The van der Waals surface area contributed by atoms with Gasteiger partial charge in [0.15, 0.2) is 0 Å². The maximum atomic E-state index is 12.8. The Kier molecular flexibility index (Phi) is 8.86. The second kappa shape index (κ2) is 10.4. The van der Waals surface area contributed by atoms with Crippen molar-refractivity contribution in [3.63, 3.8) is 0 Å². The van der Waals surface area contributed by atoms with Crippen LogP contribution in [0.2, 0.25) is 5.02 Å². The quantitative estimate of drug-likeness (QED) is 0.536. The minimum Gasteiger partial charge on any atom is -0.468 e. The van der Waals surface area contributed by atoms with E-state index in [9.17, 15) is 22.8 Å². The van der Waals surface area contributed by atoms with E-state index in [0.717, 1.165) is 25.2 Å². The standard InChI is InChI=1S/C17H23ClN2O7S/c1-5-20(6-2)28(24,25)14-9-12(7-8-13(14)18)17(23)19(10-15(21)26-3)11-16(22)27-4/h7-9H,5-6,10-11H2,1-4H3. The van der Waals surface area contributed by atoms with E-state index < -0.39 is 41.0 Å². The molecule has 0 saturated carbocycles. The van der Waals surface area contributed by atoms with Crippen molar-refractivity contribution in [1.82, 2.24) is 9.21 Å². The summed E-state index contributed by atoms with van der Waals surface area (Å²) in [6.45, 7) is 2.79. The molecule has 0 aliphatic carbocycles. The predicted octanol–water partition coefficient (Wildman–Crippen LogP) is 1.16. The van der Waals surface area contributed by atoms with Gasteiger partial charge in [0.25, 0.3) is 5.91 Å². The molecule has 1 rings (SSSR count). The largest absolute Gasteiger partial charge is 0.468 e. The molecule has 0 fully saturated rings. The zero-order valence-corrected chi connectivity index (χ0v) is 17.7. The molecular formula is C17H23ClN2O7S. The fourth-order valence-electron chi connectivity index (χ4n) is 2.36. The second-order valence-electron chi connectivity index (χ2n) is 5.55. The minimum atomic E-state index is -3.92. The summed E-state index contributed by atoms with van der Waals surface area (Å²) in [6.07, 6.45) is 0. The number of benzene rings is 1. The highest BCUT2D eigenvalue weighted by Crippen LogP contribution is 2.26. The van der Waals surface area contributed by atoms with Gasteiger partial charge in [-0.25, -0.2) is 8.42 Å². The van der Waals surface area contributed by atoms with Crippen molar-refractivity contribution in [3.8, 4) is 0 Å². The van der Waals surface area contributed by atoms with Gasteiger partial charge in [0.1, 0.15) is 18.0 Å². The van der Waals surface area contributed by atoms with Gasteiger partial charge < -0.3 is 14.4 Å². The van der Waals surface area contributed by atoms with Crippen LogP contribution in [0.5, 0.6) is 0 Å². The lowest BCUT2D eigenvalue weighted by Gasteiger charge is -2.22. The van der Waals surface area contributed by atoms with Gasteiger partial charge in [0.2, 0.25) is 10.0 Å². The molecular weight excluding hydrogens is 412 g/mol. The number of esters is 2. The number of sulfonamides is 1. The first-order valence-electron chi connectivity index (χ1n) is 8.34. The average Bonchev–Trinajstić information content (AvgIpc) is 2.67. The van der Waals surface area contributed by atoms with Crippen LogP contribution < -0.4 is 0 Å². The first kappa shape index (κ1) is 23.9. The van der Waals surface area contributed by atoms with Crippen molar-refractivity contribution in [3.05, 3.63) is 28.8 Å². The third kappa shape index (κ3) is 5.66. The summed E-state index contributed by atoms with van der Waals surface area (Å²) in [5.41, 5.74) is -0.0528. The molecule has 1 amide bonds. The number of ether oxygens (including phenoxy) is 2. The van der Waals surface area contributed by atoms with E-state index in [4.69, 9.17) is 11.6 Å². The first-order valence-corrected chi connectivity index (χ1v) is 10.2. The van der Waals surface area contributed by atoms with Crippen molar-refractivity contribution in [1.29, 1.82) is 0 Å². The van der Waals surface area contributed by atoms with Crippen molar-refractivity contribution >= 4 is 39.5 Å². The Morgan fingerprint density at radius 3 is 1.93 bits per heavy atom. The summed E-state index contributed by atoms with van der Waals surface area (Å²) < 4.78 is 35.8. The SMILES string of the molecule is CCN(CC)S(=O)(=O)c1cc(C(=O)N(CC(=O)OC)CC(=O)OC)ccc1Cl. The van der Waals surface area contributed by atoms with Gasteiger partial charge in [-0.3, -0.25) is 14.4 Å². The van der Waals surface area contributed by atoms with Crippen LogP contribution in [0.4, 0.5) is 0 Å². The molecule has 0 aliphatic rings. The molecule has 0 heterocycles. The number of methoxy groups -OCH3 is 2. The smallest absolute Gasteiger partial charge is 0.325 e. The van der Waals surface area contributed by atoms with E-state index in [1.807, 2.05) is 0 Å². The van der Waals surface area contributed by atoms with E-state index in [1.54, 1.807) is 13.8 Å². The maximum Gasteiger partial charge on any atom is 0.325 e. The zero-order chi connectivity index (χ0) is 21.5. The highest BCUT2D eigenvalue weighted by Gasteiger charge is 2.28. The molecule has 0 saturated heterocycles. The molecule has 0 atom stereocenters. The lowest BCUT2D eigenvalue weighted by Crippen LogP contribution is -2.40. The fourth-order valence-corrected chi connectivity index (χ4v) is 4.32. The Bertz CT molecular complexity index is 820. The molecule has 0 radical (unpaired) electrons. The molecule has 0 aromatic heterocycles.